The number of aliphatic hydroxyl groups is 3. The van der Waals surface area contributed by atoms with Crippen molar-refractivity contribution in [1.82, 2.24) is 79.8 Å². The van der Waals surface area contributed by atoms with Crippen LogP contribution in [0.3, 0.4) is 0 Å². The predicted molar refractivity (Wildman–Crippen MR) is 430 cm³/mol. The lowest BCUT2D eigenvalue weighted by Gasteiger charge is -2.28. The summed E-state index contributed by atoms with van der Waals surface area (Å²) in [5.41, 5.74) is 23.0. The molecule has 27 N–H and O–H groups in total. The molecule has 2 rings (SSSR count). The molecule has 0 saturated carbocycles. The van der Waals surface area contributed by atoms with Crippen molar-refractivity contribution < 1.29 is 107 Å². The van der Waals surface area contributed by atoms with Crippen LogP contribution in [0, 0.1) is 17.8 Å². The van der Waals surface area contributed by atoms with Crippen molar-refractivity contribution >= 4 is 132 Å². The lowest BCUT2D eigenvalue weighted by molar-refractivity contribution is -0.142. The second-order valence-corrected chi connectivity index (χ2v) is 29.7. The van der Waals surface area contributed by atoms with Crippen LogP contribution in [0.4, 0.5) is 0 Å². The van der Waals surface area contributed by atoms with Crippen LogP contribution in [0.25, 0.3) is 0 Å². The van der Waals surface area contributed by atoms with Crippen LogP contribution in [-0.4, -0.2) is 262 Å². The van der Waals surface area contributed by atoms with Crippen molar-refractivity contribution in [1.29, 1.82) is 0 Å². The monoisotopic (exact) mass is 1690 g/mol. The Balaban J connectivity index is 2.27. The first-order chi connectivity index (χ1) is 55.1. The average Bonchev–Trinajstić information content (AvgIpc) is 0.853. The van der Waals surface area contributed by atoms with Gasteiger partial charge in [-0.3, -0.25) is 81.5 Å². The summed E-state index contributed by atoms with van der Waals surface area (Å²) in [7, 11) is 0. The SMILES string of the molecule is CC(C)C[C@H](NC(=O)CNC(=O)[C@H](CCC(N)=O)NC(=O)[C@@H](N)CC(C)C)C(=O)N[C@H](C(=O)N[C@@H](CO)C(=O)N[C@@H](Cc1ccccc1)C(=O)N[C@@H](Cc1ccccc1)C(=O)NCC(=O)N[C@@H](CO)C(=O)N[C@@H](CS)C(=O)N[C@H](C(=O)N[C@@H](CS)C(=O)N[C@@H](C)C(=O)N[C@@H](CCC(N)=O)C(=O)N[C@@H](CCCCN)C(=O)O)[C@@H](C)O)C(C)C. The van der Waals surface area contributed by atoms with E-state index in [2.05, 4.69) is 105 Å². The number of primary amides is 2. The fourth-order valence-corrected chi connectivity index (χ4v) is 11.7. The van der Waals surface area contributed by atoms with E-state index in [0.717, 1.165) is 6.92 Å². The molecular weight excluding hydrogens is 1570 g/mol. The summed E-state index contributed by atoms with van der Waals surface area (Å²) in [4.78, 5) is 240. The van der Waals surface area contributed by atoms with Crippen LogP contribution in [0.1, 0.15) is 124 Å². The number of aliphatic hydroxyl groups excluding tert-OH is 3. The molecule has 0 spiro atoms. The largest absolute Gasteiger partial charge is 0.480 e. The molecule has 2 aromatic carbocycles. The van der Waals surface area contributed by atoms with E-state index in [0.29, 0.717) is 24.0 Å². The third-order valence-electron chi connectivity index (χ3n) is 17.6. The van der Waals surface area contributed by atoms with E-state index in [1.54, 1.807) is 88.4 Å². The Morgan fingerprint density at radius 2 is 0.744 bits per heavy atom. The molecule has 0 radical (unpaired) electrons. The molecule has 15 atom stereocenters. The van der Waals surface area contributed by atoms with Gasteiger partial charge in [-0.1, -0.05) is 102 Å². The number of nitrogens with two attached hydrogens (primary N) is 4. The number of carboxylic acids is 1. The first kappa shape index (κ1) is 102. The fraction of sp³-hybridized carbons (Fsp3) is 0.595. The van der Waals surface area contributed by atoms with Crippen LogP contribution in [0.5, 0.6) is 0 Å². The third-order valence-corrected chi connectivity index (χ3v) is 18.4. The summed E-state index contributed by atoms with van der Waals surface area (Å²) in [6, 6.07) is -4.92. The summed E-state index contributed by atoms with van der Waals surface area (Å²) in [6.45, 7) is 9.01. The van der Waals surface area contributed by atoms with Crippen LogP contribution < -0.4 is 103 Å². The van der Waals surface area contributed by atoms with E-state index in [4.69, 9.17) is 22.9 Å². The predicted octanol–water partition coefficient (Wildman–Crippen LogP) is -7.93. The Kier molecular flexibility index (Phi) is 46.9. The van der Waals surface area contributed by atoms with E-state index in [9.17, 15) is 107 Å². The molecular formula is C74H117N19O22S2. The molecule has 0 fully saturated rings. The molecule has 0 aliphatic carbocycles. The number of carboxylic acid groups (broad SMARTS) is 1. The lowest BCUT2D eigenvalue weighted by Crippen LogP contribution is -2.62. The second kappa shape index (κ2) is 53.6. The van der Waals surface area contributed by atoms with Gasteiger partial charge in [0.25, 0.3) is 0 Å². The summed E-state index contributed by atoms with van der Waals surface area (Å²) in [5, 5.41) is 77.1. The summed E-state index contributed by atoms with van der Waals surface area (Å²) < 4.78 is 0. The molecule has 17 amide bonds. The van der Waals surface area contributed by atoms with Gasteiger partial charge in [0.15, 0.2) is 0 Å². The summed E-state index contributed by atoms with van der Waals surface area (Å²) in [5.74, 6) is -19.9. The molecule has 117 heavy (non-hydrogen) atoms. The number of thiol groups is 2. The Bertz CT molecular complexity index is 3680. The summed E-state index contributed by atoms with van der Waals surface area (Å²) in [6.07, 6.45) is -2.43. The molecule has 2 aromatic rings. The van der Waals surface area contributed by atoms with Gasteiger partial charge in [0, 0.05) is 37.2 Å². The highest BCUT2D eigenvalue weighted by Crippen LogP contribution is 2.14. The zero-order valence-corrected chi connectivity index (χ0v) is 68.5. The normalized spacial score (nSPS) is 15.0. The molecule has 43 heteroatoms. The van der Waals surface area contributed by atoms with E-state index in [1.807, 2.05) is 13.8 Å². The molecule has 0 heterocycles. The van der Waals surface area contributed by atoms with Gasteiger partial charge in [0.1, 0.15) is 78.5 Å². The van der Waals surface area contributed by atoms with E-state index in [1.165, 1.54) is 6.92 Å². The van der Waals surface area contributed by atoms with Crippen LogP contribution in [0.2, 0.25) is 0 Å². The number of carbonyl (C=O) groups is 18. The highest BCUT2D eigenvalue weighted by molar-refractivity contribution is 7.80. The molecule has 652 valence electrons. The van der Waals surface area contributed by atoms with Crippen molar-refractivity contribution in [3.63, 3.8) is 0 Å². The molecule has 0 aliphatic heterocycles. The number of nitrogens with one attached hydrogen (secondary N) is 15. The summed E-state index contributed by atoms with van der Waals surface area (Å²) >= 11 is 8.24. The van der Waals surface area contributed by atoms with Gasteiger partial charge in [0.05, 0.1) is 38.4 Å². The number of carbonyl (C=O) groups excluding carboxylic acids is 17. The quantitative estimate of drug-likeness (QED) is 0.0216. The Morgan fingerprint density at radius 3 is 1.19 bits per heavy atom. The third kappa shape index (κ3) is 38.8. The van der Waals surface area contributed by atoms with Crippen molar-refractivity contribution in [2.45, 2.75) is 217 Å². The molecule has 0 bridgehead atoms. The second-order valence-electron chi connectivity index (χ2n) is 29.0. The van der Waals surface area contributed by atoms with Gasteiger partial charge in [0.2, 0.25) is 100 Å². The minimum Gasteiger partial charge on any atom is -0.480 e. The maximum atomic E-state index is 14.6. The van der Waals surface area contributed by atoms with Crippen molar-refractivity contribution in [2.24, 2.45) is 40.7 Å². The Morgan fingerprint density at radius 1 is 0.385 bits per heavy atom. The number of aliphatic carboxylic acids is 1. The minimum absolute atomic E-state index is 0.00872. The first-order valence-electron chi connectivity index (χ1n) is 38.0. The van der Waals surface area contributed by atoms with Gasteiger partial charge in [-0.2, -0.15) is 25.3 Å². The van der Waals surface area contributed by atoms with Crippen molar-refractivity contribution in [3.05, 3.63) is 71.8 Å². The van der Waals surface area contributed by atoms with Gasteiger partial charge in [-0.15, -0.1) is 0 Å². The zero-order chi connectivity index (χ0) is 88.3. The molecule has 0 aromatic heterocycles. The van der Waals surface area contributed by atoms with E-state index in [-0.39, 0.29) is 69.7 Å². The maximum absolute atomic E-state index is 14.6. The number of amides is 17. The number of benzene rings is 2. The first-order valence-corrected chi connectivity index (χ1v) is 39.3. The highest BCUT2D eigenvalue weighted by atomic mass is 32.1. The van der Waals surface area contributed by atoms with Gasteiger partial charge in [-0.25, -0.2) is 4.79 Å². The van der Waals surface area contributed by atoms with Crippen LogP contribution >= 0.6 is 25.3 Å². The lowest BCUT2D eigenvalue weighted by atomic mass is 9.99. The topological polar surface area (TPSA) is 673 Å². The van der Waals surface area contributed by atoms with E-state index >= 15 is 0 Å². The number of rotatable bonds is 55. The van der Waals surface area contributed by atoms with Crippen molar-refractivity contribution in [2.75, 3.05) is 44.4 Å². The number of unbranched alkanes of at least 4 members (excludes halogenated alkanes) is 1. The fourth-order valence-electron chi connectivity index (χ4n) is 11.2. The smallest absolute Gasteiger partial charge is 0.326 e. The average molecular weight is 1690 g/mol. The number of hydrogen-bond acceptors (Lipinski definition) is 25. The Labute approximate surface area is 688 Å². The van der Waals surface area contributed by atoms with Crippen molar-refractivity contribution in [3.8, 4) is 0 Å². The van der Waals surface area contributed by atoms with Gasteiger partial charge in [-0.05, 0) is 94.2 Å². The zero-order valence-electron chi connectivity index (χ0n) is 66.7. The van der Waals surface area contributed by atoms with Crippen LogP contribution in [0.15, 0.2) is 60.7 Å². The standard InChI is InChI=1S/C74H117N19O22S2/c1-37(2)27-44(76)62(102)85-45(22-24-55(77)97)63(103)79-31-57(99)82-48(28-38(3)4)67(107)92-59(39(5)6)72(112)89-52(34-95)69(109)88-50(30-43-19-13-10-14-20-43)66(106)87-49(29-42-17-11-9-12-18-42)64(104)80-32-58(100)83-51(33-94)68(108)90-54(36-117)71(111)93-60(41(8)96)73(113)91-53(35-116)70(110)81-40(7)61(101)84-46(23-25-56(78)98)65(105)86-47(74(114)115)21-15-16-26-75/h9-14,17-20,37-41,44-54,59-60,94-96,116-117H,15-16,21-36,75-76H2,1-8H3,(H2,77,97)(H2,78,98)(H,79,103)(H,80,104)(H,81,110)(H,82,99)(H,83,100)(H,84,101)(H,85,102)(H,86,105)(H,87,106)(H,88,109)(H,89,112)(H,90,108)(H,91,113)(H,92,107)(H,93,111)(H,114,115)/t40-,41+,44-,45-,46-,47-,48-,49-,50-,51-,52-,53-,54-,59-,60-/m0/s1. The van der Waals surface area contributed by atoms with Gasteiger partial charge >= 0.3 is 5.97 Å². The highest BCUT2D eigenvalue weighted by Gasteiger charge is 2.38. The van der Waals surface area contributed by atoms with Gasteiger partial charge < -0.3 is 123 Å². The molecule has 0 saturated heterocycles. The maximum Gasteiger partial charge on any atom is 0.326 e. The Hall–Kier alpha value is -10.6. The number of hydrogen-bond donors (Lipinski definition) is 25. The van der Waals surface area contributed by atoms with E-state index < -0.39 is 247 Å². The molecule has 0 aliphatic rings. The van der Waals surface area contributed by atoms with Crippen LogP contribution in [-0.2, 0) is 99.1 Å². The molecule has 0 unspecified atom stereocenters. The molecule has 41 nitrogen and oxygen atoms in total. The minimum atomic E-state index is -1.87.